The van der Waals surface area contributed by atoms with Crippen LogP contribution in [0.4, 0.5) is 5.82 Å². The molecule has 1 amide bonds. The summed E-state index contributed by atoms with van der Waals surface area (Å²) in [5.41, 5.74) is 1.25. The predicted octanol–water partition coefficient (Wildman–Crippen LogP) is 3.13. The number of hydrogen-bond acceptors (Lipinski definition) is 4. The van der Waals surface area contributed by atoms with Crippen molar-refractivity contribution in [3.63, 3.8) is 0 Å². The number of benzene rings is 1. The summed E-state index contributed by atoms with van der Waals surface area (Å²) in [6, 6.07) is 7.71. The van der Waals surface area contributed by atoms with Crippen LogP contribution in [0.25, 0.3) is 0 Å². The Balaban J connectivity index is 2.18. The Bertz CT molecular complexity index is 817. The molecule has 1 aliphatic heterocycles. The Morgan fingerprint density at radius 2 is 2.04 bits per heavy atom. The number of thioether (sulfide) groups is 1. The number of nitrogens with one attached hydrogen (secondary N) is 1. The lowest BCUT2D eigenvalue weighted by Crippen LogP contribution is -2.33. The van der Waals surface area contributed by atoms with E-state index >= 15 is 0 Å². The zero-order valence-corrected chi connectivity index (χ0v) is 15.2. The third-order valence-electron chi connectivity index (χ3n) is 3.85. The molecule has 23 heavy (non-hydrogen) atoms. The number of anilines is 1. The molecule has 2 aromatic rings. The third kappa shape index (κ3) is 3.07. The fourth-order valence-corrected chi connectivity index (χ4v) is 3.73. The van der Waals surface area contributed by atoms with Crippen LogP contribution in [0.1, 0.15) is 30.4 Å². The summed E-state index contributed by atoms with van der Waals surface area (Å²) in [7, 11) is 1.83. The average Bonchev–Trinajstić information content (AvgIpc) is 2.52. The number of nitrogens with zero attached hydrogens (tertiary/aromatic N) is 2. The zero-order chi connectivity index (χ0) is 16.6. The van der Waals surface area contributed by atoms with Gasteiger partial charge in [0.15, 0.2) is 5.16 Å². The van der Waals surface area contributed by atoms with Crippen LogP contribution in [-0.4, -0.2) is 21.2 Å². The van der Waals surface area contributed by atoms with Crippen LogP contribution >= 0.6 is 27.7 Å². The van der Waals surface area contributed by atoms with Gasteiger partial charge in [-0.1, -0.05) is 46.7 Å². The molecule has 0 fully saturated rings. The summed E-state index contributed by atoms with van der Waals surface area (Å²) < 4.78 is 2.76. The summed E-state index contributed by atoms with van der Waals surface area (Å²) in [5, 5.41) is 3.46. The summed E-state index contributed by atoms with van der Waals surface area (Å²) in [6.07, 6.45) is 0.256. The number of aromatic nitrogens is 2. The lowest BCUT2D eigenvalue weighted by atomic mass is 9.87. The standard InChI is InChI=1S/C16H16BrN3O2S/c1-3-23-16-19-15(22)13-11(9-4-6-10(17)7-5-9)8-12(21)18-14(13)20(16)2/h4-7,11H,3,8H2,1-2H3,(H,18,21). The highest BCUT2D eigenvalue weighted by atomic mass is 79.9. The Kier molecular flexibility index (Phi) is 4.59. The number of rotatable bonds is 3. The molecule has 0 bridgehead atoms. The highest BCUT2D eigenvalue weighted by Crippen LogP contribution is 2.36. The number of hydrogen-bond donors (Lipinski definition) is 1. The molecule has 0 spiro atoms. The van der Waals surface area contributed by atoms with Crippen LogP contribution in [0.15, 0.2) is 38.7 Å². The van der Waals surface area contributed by atoms with E-state index in [9.17, 15) is 9.59 Å². The van der Waals surface area contributed by atoms with Crippen LogP contribution in [0.2, 0.25) is 0 Å². The van der Waals surface area contributed by atoms with Crippen LogP contribution in [0, 0.1) is 0 Å². The first-order valence-electron chi connectivity index (χ1n) is 7.30. The van der Waals surface area contributed by atoms with Gasteiger partial charge in [0.25, 0.3) is 5.56 Å². The van der Waals surface area contributed by atoms with E-state index in [-0.39, 0.29) is 23.8 Å². The molecule has 1 N–H and O–H groups in total. The minimum absolute atomic E-state index is 0.0842. The van der Waals surface area contributed by atoms with Gasteiger partial charge in [-0.25, -0.2) is 0 Å². The highest BCUT2D eigenvalue weighted by Gasteiger charge is 2.31. The highest BCUT2D eigenvalue weighted by molar-refractivity contribution is 9.10. The largest absolute Gasteiger partial charge is 0.312 e. The molecule has 5 nitrogen and oxygen atoms in total. The van der Waals surface area contributed by atoms with Gasteiger partial charge in [-0.2, -0.15) is 4.98 Å². The Morgan fingerprint density at radius 1 is 1.35 bits per heavy atom. The maximum Gasteiger partial charge on any atom is 0.279 e. The van der Waals surface area contributed by atoms with E-state index in [1.54, 1.807) is 4.57 Å². The van der Waals surface area contributed by atoms with E-state index in [0.717, 1.165) is 15.8 Å². The van der Waals surface area contributed by atoms with Crippen molar-refractivity contribution in [2.45, 2.75) is 24.4 Å². The molecule has 0 saturated heterocycles. The summed E-state index contributed by atoms with van der Waals surface area (Å²) >= 11 is 4.89. The van der Waals surface area contributed by atoms with Crippen molar-refractivity contribution < 1.29 is 4.79 Å². The molecule has 1 atom stereocenters. The Morgan fingerprint density at radius 3 is 2.70 bits per heavy atom. The molecule has 1 aromatic carbocycles. The molecule has 0 saturated carbocycles. The molecular weight excluding hydrogens is 378 g/mol. The van der Waals surface area contributed by atoms with Crippen molar-refractivity contribution in [1.29, 1.82) is 0 Å². The molecule has 1 aliphatic rings. The van der Waals surface area contributed by atoms with Gasteiger partial charge in [0, 0.05) is 23.9 Å². The second-order valence-electron chi connectivity index (χ2n) is 5.31. The van der Waals surface area contributed by atoms with E-state index < -0.39 is 0 Å². The van der Waals surface area contributed by atoms with Crippen molar-refractivity contribution in [1.82, 2.24) is 9.55 Å². The third-order valence-corrected chi connectivity index (χ3v) is 5.29. The van der Waals surface area contributed by atoms with Crippen molar-refractivity contribution >= 4 is 39.4 Å². The van der Waals surface area contributed by atoms with Crippen LogP contribution in [0.3, 0.4) is 0 Å². The second kappa shape index (κ2) is 6.49. The molecule has 1 unspecified atom stereocenters. The second-order valence-corrected chi connectivity index (χ2v) is 7.46. The first-order valence-corrected chi connectivity index (χ1v) is 9.08. The molecule has 2 heterocycles. The molecule has 1 aromatic heterocycles. The maximum absolute atomic E-state index is 12.6. The van der Waals surface area contributed by atoms with Gasteiger partial charge in [-0.15, -0.1) is 0 Å². The number of fused-ring (bicyclic) bond motifs is 1. The van der Waals surface area contributed by atoms with Crippen molar-refractivity contribution in [3.8, 4) is 0 Å². The van der Waals surface area contributed by atoms with E-state index in [4.69, 9.17) is 0 Å². The molecule has 7 heteroatoms. The van der Waals surface area contributed by atoms with Gasteiger partial charge >= 0.3 is 0 Å². The smallest absolute Gasteiger partial charge is 0.279 e. The normalized spacial score (nSPS) is 16.8. The predicted molar refractivity (Wildman–Crippen MR) is 95.1 cm³/mol. The monoisotopic (exact) mass is 393 g/mol. The number of halogens is 1. The number of carbonyl (C=O) groups is 1. The first kappa shape index (κ1) is 16.3. The summed E-state index contributed by atoms with van der Waals surface area (Å²) in [6.45, 7) is 2.00. The number of amides is 1. The summed E-state index contributed by atoms with van der Waals surface area (Å²) in [5.74, 6) is 1.02. The Hall–Kier alpha value is -1.60. The average molecular weight is 394 g/mol. The van der Waals surface area contributed by atoms with E-state index in [1.807, 2.05) is 38.2 Å². The van der Waals surface area contributed by atoms with E-state index in [0.29, 0.717) is 16.5 Å². The lowest BCUT2D eigenvalue weighted by Gasteiger charge is -2.27. The summed E-state index contributed by atoms with van der Waals surface area (Å²) in [4.78, 5) is 28.9. The van der Waals surface area contributed by atoms with Crippen LogP contribution in [-0.2, 0) is 11.8 Å². The maximum atomic E-state index is 12.6. The first-order chi connectivity index (χ1) is 11.0. The Labute approximate surface area is 146 Å². The van der Waals surface area contributed by atoms with Crippen molar-refractivity contribution in [2.75, 3.05) is 11.1 Å². The minimum atomic E-state index is -0.265. The topological polar surface area (TPSA) is 64.0 Å². The van der Waals surface area contributed by atoms with Crippen LogP contribution in [0.5, 0.6) is 0 Å². The van der Waals surface area contributed by atoms with Gasteiger partial charge in [0.2, 0.25) is 5.91 Å². The van der Waals surface area contributed by atoms with Crippen molar-refractivity contribution in [3.05, 3.63) is 50.2 Å². The van der Waals surface area contributed by atoms with Crippen LogP contribution < -0.4 is 10.9 Å². The van der Waals surface area contributed by atoms with Gasteiger partial charge < -0.3 is 9.88 Å². The van der Waals surface area contributed by atoms with Gasteiger partial charge in [-0.3, -0.25) is 9.59 Å². The molecule has 0 radical (unpaired) electrons. The lowest BCUT2D eigenvalue weighted by molar-refractivity contribution is -0.116. The SMILES string of the molecule is CCSc1nc(=O)c2c(n1C)NC(=O)CC2c1ccc(Br)cc1. The molecule has 0 aliphatic carbocycles. The fourth-order valence-electron chi connectivity index (χ4n) is 2.77. The van der Waals surface area contributed by atoms with Crippen molar-refractivity contribution in [2.24, 2.45) is 7.05 Å². The minimum Gasteiger partial charge on any atom is -0.312 e. The van der Waals surface area contributed by atoms with Gasteiger partial charge in [-0.05, 0) is 23.4 Å². The van der Waals surface area contributed by atoms with E-state index in [1.165, 1.54) is 11.8 Å². The van der Waals surface area contributed by atoms with Gasteiger partial charge in [0.1, 0.15) is 5.82 Å². The number of carbonyl (C=O) groups excluding carboxylic acids is 1. The molecular formula is C16H16BrN3O2S. The zero-order valence-electron chi connectivity index (χ0n) is 12.8. The van der Waals surface area contributed by atoms with Gasteiger partial charge in [0.05, 0.1) is 5.56 Å². The molecule has 3 rings (SSSR count). The molecule has 120 valence electrons. The fraction of sp³-hybridized carbons (Fsp3) is 0.312. The quantitative estimate of drug-likeness (QED) is 0.642. The van der Waals surface area contributed by atoms with E-state index in [2.05, 4.69) is 26.2 Å².